The van der Waals surface area contributed by atoms with Crippen molar-refractivity contribution in [2.75, 3.05) is 0 Å². The molecule has 1 heterocycles. The largest absolute Gasteiger partial charge is 0.340 e. The maximum Gasteiger partial charge on any atom is 0.241 e. The average Bonchev–Trinajstić information content (AvgIpc) is 3.05. The van der Waals surface area contributed by atoms with Crippen LogP contribution in [0.3, 0.4) is 0 Å². The molecule has 4 rings (SSSR count). The minimum absolute atomic E-state index is 0.0988. The van der Waals surface area contributed by atoms with Crippen molar-refractivity contribution in [1.82, 2.24) is 9.99 Å². The fraction of sp³-hybridized carbons (Fsp3) is 0.130. The molecule has 0 unspecified atom stereocenters. The van der Waals surface area contributed by atoms with E-state index in [2.05, 4.69) is 55.3 Å². The fourth-order valence-electron chi connectivity index (χ4n) is 3.42. The van der Waals surface area contributed by atoms with Gasteiger partial charge < -0.3 is 4.57 Å². The third-order valence-corrected chi connectivity index (χ3v) is 5.38. The monoisotopic (exact) mass is 433 g/mol. The number of carbonyl (C=O) groups excluding carboxylic acids is 1. The average molecular weight is 434 g/mol. The molecule has 1 aromatic heterocycles. The SMILES string of the molecule is CC(=NNC(=O)CCn1c2ccccc2c2ccccc21)c1ccc(Br)cc1. The molecule has 0 atom stereocenters. The van der Waals surface area contributed by atoms with Crippen LogP contribution in [0.15, 0.2) is 82.4 Å². The van der Waals surface area contributed by atoms with Crippen LogP contribution < -0.4 is 5.43 Å². The Morgan fingerprint density at radius 3 is 2.11 bits per heavy atom. The van der Waals surface area contributed by atoms with Crippen LogP contribution in [0.4, 0.5) is 0 Å². The molecular formula is C23H20BrN3O. The van der Waals surface area contributed by atoms with Crippen molar-refractivity contribution in [3.05, 3.63) is 82.8 Å². The van der Waals surface area contributed by atoms with E-state index in [-0.39, 0.29) is 5.91 Å². The number of nitrogens with zero attached hydrogens (tertiary/aromatic N) is 2. The summed E-state index contributed by atoms with van der Waals surface area (Å²) in [7, 11) is 0. The number of hydrazone groups is 1. The van der Waals surface area contributed by atoms with Crippen molar-refractivity contribution in [3.63, 3.8) is 0 Å². The van der Waals surface area contributed by atoms with Gasteiger partial charge >= 0.3 is 0 Å². The Morgan fingerprint density at radius 1 is 0.929 bits per heavy atom. The van der Waals surface area contributed by atoms with E-state index in [4.69, 9.17) is 0 Å². The molecule has 3 aromatic carbocycles. The number of nitrogens with one attached hydrogen (secondary N) is 1. The second-order valence-corrected chi connectivity index (χ2v) is 7.59. The van der Waals surface area contributed by atoms with Crippen molar-refractivity contribution in [2.45, 2.75) is 19.9 Å². The third-order valence-electron chi connectivity index (χ3n) is 4.85. The highest BCUT2D eigenvalue weighted by atomic mass is 79.9. The number of halogens is 1. The Labute approximate surface area is 172 Å². The zero-order chi connectivity index (χ0) is 19.5. The lowest BCUT2D eigenvalue weighted by Crippen LogP contribution is -2.20. The molecule has 4 aromatic rings. The Morgan fingerprint density at radius 2 is 1.50 bits per heavy atom. The first kappa shape index (κ1) is 18.4. The summed E-state index contributed by atoms with van der Waals surface area (Å²) in [5, 5.41) is 6.66. The summed E-state index contributed by atoms with van der Waals surface area (Å²) < 4.78 is 3.22. The van der Waals surface area contributed by atoms with Crippen molar-refractivity contribution >= 4 is 49.4 Å². The van der Waals surface area contributed by atoms with E-state index in [1.165, 1.54) is 10.8 Å². The van der Waals surface area contributed by atoms with Crippen LogP contribution in [0.5, 0.6) is 0 Å². The summed E-state index contributed by atoms with van der Waals surface area (Å²) in [4.78, 5) is 12.4. The Bertz CT molecular complexity index is 1120. The summed E-state index contributed by atoms with van der Waals surface area (Å²) in [6.45, 7) is 2.49. The highest BCUT2D eigenvalue weighted by Gasteiger charge is 2.11. The second-order valence-electron chi connectivity index (χ2n) is 6.68. The van der Waals surface area contributed by atoms with Gasteiger partial charge in [0.1, 0.15) is 0 Å². The first-order valence-corrected chi connectivity index (χ1v) is 9.98. The van der Waals surface area contributed by atoms with Crippen LogP contribution in [0.2, 0.25) is 0 Å². The number of hydrogen-bond donors (Lipinski definition) is 1. The van der Waals surface area contributed by atoms with Gasteiger partial charge in [-0.25, -0.2) is 5.43 Å². The van der Waals surface area contributed by atoms with Gasteiger partial charge in [-0.1, -0.05) is 64.5 Å². The highest BCUT2D eigenvalue weighted by molar-refractivity contribution is 9.10. The number of carbonyl (C=O) groups is 1. The zero-order valence-electron chi connectivity index (χ0n) is 15.5. The second kappa shape index (κ2) is 7.98. The van der Waals surface area contributed by atoms with Crippen LogP contribution in [0, 0.1) is 0 Å². The molecule has 4 nitrogen and oxygen atoms in total. The summed E-state index contributed by atoms with van der Waals surface area (Å²) in [6.07, 6.45) is 0.361. The van der Waals surface area contributed by atoms with Gasteiger partial charge in [0.05, 0.1) is 5.71 Å². The molecule has 5 heteroatoms. The lowest BCUT2D eigenvalue weighted by atomic mass is 10.1. The fourth-order valence-corrected chi connectivity index (χ4v) is 3.68. The molecule has 0 fully saturated rings. The standard InChI is InChI=1S/C23H20BrN3O/c1-16(17-10-12-18(24)13-11-17)25-26-23(28)14-15-27-21-8-4-2-6-19(21)20-7-3-5-9-22(20)27/h2-13H,14-15H2,1H3,(H,26,28). The van der Waals surface area contributed by atoms with Gasteiger partial charge in [0.15, 0.2) is 0 Å². The van der Waals surface area contributed by atoms with E-state index < -0.39 is 0 Å². The summed E-state index contributed by atoms with van der Waals surface area (Å²) in [5.41, 5.74) is 6.72. The van der Waals surface area contributed by atoms with Crippen molar-refractivity contribution in [3.8, 4) is 0 Å². The molecule has 0 radical (unpaired) electrons. The summed E-state index contributed by atoms with van der Waals surface area (Å²) in [5.74, 6) is -0.0988. The molecule has 140 valence electrons. The molecule has 0 spiro atoms. The lowest BCUT2D eigenvalue weighted by Gasteiger charge is -2.07. The van der Waals surface area contributed by atoms with Crippen LogP contribution >= 0.6 is 15.9 Å². The zero-order valence-corrected chi connectivity index (χ0v) is 17.1. The van der Waals surface area contributed by atoms with Gasteiger partial charge in [0.2, 0.25) is 5.91 Å². The molecule has 0 aliphatic rings. The number of fused-ring (bicyclic) bond motifs is 3. The van der Waals surface area contributed by atoms with Crippen LogP contribution in [0.25, 0.3) is 21.8 Å². The summed E-state index contributed by atoms with van der Waals surface area (Å²) in [6, 6.07) is 24.5. The molecule has 1 amide bonds. The van der Waals surface area contributed by atoms with Crippen LogP contribution in [-0.4, -0.2) is 16.2 Å². The predicted molar refractivity (Wildman–Crippen MR) is 119 cm³/mol. The number of rotatable bonds is 5. The van der Waals surface area contributed by atoms with E-state index in [0.717, 1.165) is 26.8 Å². The van der Waals surface area contributed by atoms with E-state index in [1.807, 2.05) is 55.5 Å². The van der Waals surface area contributed by atoms with E-state index in [9.17, 15) is 4.79 Å². The predicted octanol–water partition coefficient (Wildman–Crippen LogP) is 5.49. The van der Waals surface area contributed by atoms with E-state index in [0.29, 0.717) is 13.0 Å². The van der Waals surface area contributed by atoms with Gasteiger partial charge in [-0.05, 0) is 36.8 Å². The number of hydrogen-bond acceptors (Lipinski definition) is 2. The number of para-hydroxylation sites is 2. The molecule has 0 bridgehead atoms. The Balaban J connectivity index is 1.49. The molecule has 1 N–H and O–H groups in total. The molecule has 0 aliphatic heterocycles. The maximum atomic E-state index is 12.4. The number of amides is 1. The first-order valence-electron chi connectivity index (χ1n) is 9.18. The molecule has 0 saturated carbocycles. The molecule has 0 aliphatic carbocycles. The molecule has 28 heavy (non-hydrogen) atoms. The Hall–Kier alpha value is -2.92. The quantitative estimate of drug-likeness (QED) is 0.328. The third kappa shape index (κ3) is 3.71. The highest BCUT2D eigenvalue weighted by Crippen LogP contribution is 2.28. The number of aromatic nitrogens is 1. The van der Waals surface area contributed by atoms with Gasteiger partial charge in [-0.3, -0.25) is 4.79 Å². The minimum Gasteiger partial charge on any atom is -0.340 e. The van der Waals surface area contributed by atoms with Gasteiger partial charge in [-0.15, -0.1) is 0 Å². The first-order chi connectivity index (χ1) is 13.6. The lowest BCUT2D eigenvalue weighted by molar-refractivity contribution is -0.121. The van der Waals surface area contributed by atoms with E-state index >= 15 is 0 Å². The van der Waals surface area contributed by atoms with Gasteiger partial charge in [-0.2, -0.15) is 5.10 Å². The number of aryl methyl sites for hydroxylation is 1. The van der Waals surface area contributed by atoms with Gasteiger partial charge in [0, 0.05) is 39.2 Å². The number of benzene rings is 3. The normalized spacial score (nSPS) is 11.9. The molecular weight excluding hydrogens is 414 g/mol. The topological polar surface area (TPSA) is 46.4 Å². The van der Waals surface area contributed by atoms with Crippen molar-refractivity contribution in [2.24, 2.45) is 5.10 Å². The Kier molecular flexibility index (Phi) is 5.26. The maximum absolute atomic E-state index is 12.4. The van der Waals surface area contributed by atoms with Crippen molar-refractivity contribution < 1.29 is 4.79 Å². The smallest absolute Gasteiger partial charge is 0.241 e. The summed E-state index contributed by atoms with van der Waals surface area (Å²) >= 11 is 3.42. The van der Waals surface area contributed by atoms with Crippen LogP contribution in [-0.2, 0) is 11.3 Å². The van der Waals surface area contributed by atoms with Gasteiger partial charge in [0.25, 0.3) is 0 Å². The minimum atomic E-state index is -0.0988. The van der Waals surface area contributed by atoms with Crippen LogP contribution in [0.1, 0.15) is 18.9 Å². The van der Waals surface area contributed by atoms with E-state index in [1.54, 1.807) is 0 Å². The molecule has 0 saturated heterocycles. The van der Waals surface area contributed by atoms with Crippen molar-refractivity contribution in [1.29, 1.82) is 0 Å².